The second kappa shape index (κ2) is 6.26. The van der Waals surface area contributed by atoms with Gasteiger partial charge in [0.15, 0.2) is 0 Å². The van der Waals surface area contributed by atoms with Crippen molar-refractivity contribution in [1.29, 1.82) is 0 Å². The van der Waals surface area contributed by atoms with E-state index in [4.69, 9.17) is 11.6 Å². The molecule has 0 spiro atoms. The summed E-state index contributed by atoms with van der Waals surface area (Å²) >= 11 is 5.87. The van der Waals surface area contributed by atoms with Gasteiger partial charge in [0.2, 0.25) is 0 Å². The average Bonchev–Trinajstić information content (AvgIpc) is 2.94. The Morgan fingerprint density at radius 1 is 1.04 bits per heavy atom. The molecule has 0 amide bonds. The molecule has 0 bridgehead atoms. The predicted molar refractivity (Wildman–Crippen MR) is 87.3 cm³/mol. The highest BCUT2D eigenvalue weighted by molar-refractivity contribution is 6.30. The summed E-state index contributed by atoms with van der Waals surface area (Å²) in [5.74, 6) is -1.29. The Labute approximate surface area is 137 Å². The summed E-state index contributed by atoms with van der Waals surface area (Å²) in [5.41, 5.74) is 2.51. The van der Waals surface area contributed by atoms with Crippen LogP contribution in [0.3, 0.4) is 0 Å². The number of hydrogen-bond donors (Lipinski definition) is 1. The van der Waals surface area contributed by atoms with Crippen LogP contribution in [0.4, 0.5) is 4.39 Å². The fourth-order valence-corrected chi connectivity index (χ4v) is 2.56. The number of carboxylic acid groups (broad SMARTS) is 1. The first kappa shape index (κ1) is 15.3. The molecule has 0 aliphatic heterocycles. The van der Waals surface area contributed by atoms with Gasteiger partial charge in [0, 0.05) is 29.5 Å². The highest BCUT2D eigenvalue weighted by atomic mass is 35.5. The largest absolute Gasteiger partial charge is 0.478 e. The van der Waals surface area contributed by atoms with Crippen molar-refractivity contribution in [1.82, 2.24) is 4.57 Å². The molecule has 3 nitrogen and oxygen atoms in total. The van der Waals surface area contributed by atoms with Crippen molar-refractivity contribution in [3.05, 3.63) is 82.9 Å². The van der Waals surface area contributed by atoms with Crippen LogP contribution in [0.5, 0.6) is 0 Å². The van der Waals surface area contributed by atoms with Crippen LogP contribution in [0.2, 0.25) is 5.02 Å². The highest BCUT2D eigenvalue weighted by Crippen LogP contribution is 2.27. The SMILES string of the molecule is O=C(O)c1cn(Cc2ccc(F)cc2)cc1-c1ccc(Cl)cc1. The third-order valence-corrected chi connectivity index (χ3v) is 3.80. The molecule has 0 saturated carbocycles. The van der Waals surface area contributed by atoms with Crippen LogP contribution in [-0.2, 0) is 6.54 Å². The van der Waals surface area contributed by atoms with E-state index in [9.17, 15) is 14.3 Å². The molecule has 0 radical (unpaired) electrons. The summed E-state index contributed by atoms with van der Waals surface area (Å²) in [5, 5.41) is 10.0. The quantitative estimate of drug-likeness (QED) is 0.754. The predicted octanol–water partition coefficient (Wildman–Crippen LogP) is 4.69. The summed E-state index contributed by atoms with van der Waals surface area (Å²) in [4.78, 5) is 11.5. The summed E-state index contributed by atoms with van der Waals surface area (Å²) < 4.78 is 14.7. The van der Waals surface area contributed by atoms with E-state index in [1.807, 2.05) is 0 Å². The maximum atomic E-state index is 13.0. The molecule has 23 heavy (non-hydrogen) atoms. The van der Waals surface area contributed by atoms with Crippen LogP contribution >= 0.6 is 11.6 Å². The number of carboxylic acids is 1. The minimum atomic E-state index is -0.993. The monoisotopic (exact) mass is 329 g/mol. The standard InChI is InChI=1S/C18H13ClFNO2/c19-14-5-3-13(4-6-14)16-10-21(11-17(16)18(22)23)9-12-1-7-15(20)8-2-12/h1-8,10-11H,9H2,(H,22,23). The fourth-order valence-electron chi connectivity index (χ4n) is 2.43. The van der Waals surface area contributed by atoms with E-state index < -0.39 is 5.97 Å². The number of halogens is 2. The summed E-state index contributed by atoms with van der Waals surface area (Å²) in [6.45, 7) is 0.466. The maximum Gasteiger partial charge on any atom is 0.337 e. The van der Waals surface area contributed by atoms with Crippen LogP contribution in [0.25, 0.3) is 11.1 Å². The first-order valence-electron chi connectivity index (χ1n) is 6.96. The molecule has 2 aromatic carbocycles. The second-order valence-electron chi connectivity index (χ2n) is 5.20. The molecule has 0 fully saturated rings. The molecule has 1 aromatic heterocycles. The lowest BCUT2D eigenvalue weighted by atomic mass is 10.1. The van der Waals surface area contributed by atoms with Gasteiger partial charge in [-0.15, -0.1) is 0 Å². The van der Waals surface area contributed by atoms with Gasteiger partial charge in [-0.2, -0.15) is 0 Å². The lowest BCUT2D eigenvalue weighted by molar-refractivity contribution is 0.0697. The van der Waals surface area contributed by atoms with E-state index in [1.54, 1.807) is 53.4 Å². The Kier molecular flexibility index (Phi) is 4.17. The number of aromatic nitrogens is 1. The van der Waals surface area contributed by atoms with Crippen molar-refractivity contribution >= 4 is 17.6 Å². The van der Waals surface area contributed by atoms with Gasteiger partial charge in [-0.3, -0.25) is 0 Å². The molecule has 116 valence electrons. The fraction of sp³-hybridized carbons (Fsp3) is 0.0556. The van der Waals surface area contributed by atoms with E-state index >= 15 is 0 Å². The summed E-state index contributed by atoms with van der Waals surface area (Å²) in [6, 6.07) is 13.1. The highest BCUT2D eigenvalue weighted by Gasteiger charge is 2.15. The van der Waals surface area contributed by atoms with Gasteiger partial charge >= 0.3 is 5.97 Å². The normalized spacial score (nSPS) is 10.7. The Morgan fingerprint density at radius 3 is 2.30 bits per heavy atom. The Hall–Kier alpha value is -2.59. The molecule has 3 rings (SSSR count). The minimum absolute atomic E-state index is 0.217. The average molecular weight is 330 g/mol. The maximum absolute atomic E-state index is 13.0. The number of rotatable bonds is 4. The van der Waals surface area contributed by atoms with Crippen LogP contribution in [0, 0.1) is 5.82 Å². The number of nitrogens with zero attached hydrogens (tertiary/aromatic N) is 1. The molecule has 0 atom stereocenters. The van der Waals surface area contributed by atoms with Crippen LogP contribution in [-0.4, -0.2) is 15.6 Å². The number of carbonyl (C=O) groups is 1. The molecule has 1 heterocycles. The lowest BCUT2D eigenvalue weighted by Gasteiger charge is -2.03. The smallest absolute Gasteiger partial charge is 0.337 e. The van der Waals surface area contributed by atoms with Gasteiger partial charge in [0.05, 0.1) is 5.56 Å². The minimum Gasteiger partial charge on any atom is -0.478 e. The topological polar surface area (TPSA) is 42.2 Å². The Balaban J connectivity index is 1.96. The van der Waals surface area contributed by atoms with Gasteiger partial charge < -0.3 is 9.67 Å². The van der Waals surface area contributed by atoms with E-state index in [-0.39, 0.29) is 11.4 Å². The van der Waals surface area contributed by atoms with E-state index in [0.717, 1.165) is 11.1 Å². The molecular weight excluding hydrogens is 317 g/mol. The Bertz CT molecular complexity index is 838. The van der Waals surface area contributed by atoms with Gasteiger partial charge in [-0.25, -0.2) is 9.18 Å². The van der Waals surface area contributed by atoms with Crippen LogP contribution in [0.1, 0.15) is 15.9 Å². The summed E-state index contributed by atoms with van der Waals surface area (Å²) in [6.07, 6.45) is 3.35. The molecular formula is C18H13ClFNO2. The lowest BCUT2D eigenvalue weighted by Crippen LogP contribution is -1.98. The molecule has 0 saturated heterocycles. The molecule has 0 aliphatic rings. The van der Waals surface area contributed by atoms with Crippen molar-refractivity contribution in [3.8, 4) is 11.1 Å². The third-order valence-electron chi connectivity index (χ3n) is 3.54. The van der Waals surface area contributed by atoms with Crippen molar-refractivity contribution < 1.29 is 14.3 Å². The van der Waals surface area contributed by atoms with E-state index in [1.165, 1.54) is 12.1 Å². The van der Waals surface area contributed by atoms with Crippen molar-refractivity contribution in [2.24, 2.45) is 0 Å². The molecule has 0 aliphatic carbocycles. The molecule has 5 heteroatoms. The van der Waals surface area contributed by atoms with E-state index in [0.29, 0.717) is 17.1 Å². The second-order valence-corrected chi connectivity index (χ2v) is 5.63. The van der Waals surface area contributed by atoms with Crippen molar-refractivity contribution in [2.75, 3.05) is 0 Å². The first-order chi connectivity index (χ1) is 11.0. The van der Waals surface area contributed by atoms with Gasteiger partial charge in [-0.1, -0.05) is 35.9 Å². The van der Waals surface area contributed by atoms with Gasteiger partial charge in [0.1, 0.15) is 5.82 Å². The zero-order chi connectivity index (χ0) is 16.4. The number of hydrogen-bond acceptors (Lipinski definition) is 1. The molecule has 0 unspecified atom stereocenters. The molecule has 1 N–H and O–H groups in total. The van der Waals surface area contributed by atoms with Crippen LogP contribution in [0.15, 0.2) is 60.9 Å². The third kappa shape index (κ3) is 3.43. The molecule has 3 aromatic rings. The zero-order valence-electron chi connectivity index (χ0n) is 12.0. The Morgan fingerprint density at radius 2 is 1.70 bits per heavy atom. The van der Waals surface area contributed by atoms with Crippen molar-refractivity contribution in [2.45, 2.75) is 6.54 Å². The first-order valence-corrected chi connectivity index (χ1v) is 7.34. The zero-order valence-corrected chi connectivity index (χ0v) is 12.8. The summed E-state index contributed by atoms with van der Waals surface area (Å²) in [7, 11) is 0. The van der Waals surface area contributed by atoms with Gasteiger partial charge in [0.25, 0.3) is 0 Å². The van der Waals surface area contributed by atoms with Gasteiger partial charge in [-0.05, 0) is 35.4 Å². The van der Waals surface area contributed by atoms with Crippen LogP contribution < -0.4 is 0 Å². The number of aromatic carboxylic acids is 1. The van der Waals surface area contributed by atoms with Crippen molar-refractivity contribution in [3.63, 3.8) is 0 Å². The van der Waals surface area contributed by atoms with E-state index in [2.05, 4.69) is 0 Å². The number of benzene rings is 2.